The second kappa shape index (κ2) is 5.21. The fourth-order valence-electron chi connectivity index (χ4n) is 1.97. The van der Waals surface area contributed by atoms with Crippen molar-refractivity contribution in [3.63, 3.8) is 0 Å². The van der Waals surface area contributed by atoms with E-state index in [2.05, 4.69) is 5.16 Å². The smallest absolute Gasteiger partial charge is 0.336 e. The summed E-state index contributed by atoms with van der Waals surface area (Å²) in [4.78, 5) is 16.4. The molecule has 4 heteroatoms. The number of rotatable bonds is 5. The minimum atomic E-state index is -0.909. The van der Waals surface area contributed by atoms with Gasteiger partial charge < -0.3 is 9.94 Å². The maximum Gasteiger partial charge on any atom is 0.336 e. The van der Waals surface area contributed by atoms with Crippen LogP contribution in [0, 0.1) is 0 Å². The first-order chi connectivity index (χ1) is 8.59. The van der Waals surface area contributed by atoms with Gasteiger partial charge in [0.1, 0.15) is 6.61 Å². The van der Waals surface area contributed by atoms with Crippen LogP contribution in [0.25, 0.3) is 0 Å². The maximum atomic E-state index is 11.2. The fourth-order valence-corrected chi connectivity index (χ4v) is 1.97. The van der Waals surface area contributed by atoms with Gasteiger partial charge in [0.2, 0.25) is 0 Å². The molecule has 1 aromatic carbocycles. The molecule has 1 aliphatic carbocycles. The van der Waals surface area contributed by atoms with Gasteiger partial charge in [-0.15, -0.1) is 0 Å². The van der Waals surface area contributed by atoms with Crippen molar-refractivity contribution in [1.82, 2.24) is 0 Å². The first-order valence-electron chi connectivity index (χ1n) is 6.08. The largest absolute Gasteiger partial charge is 0.478 e. The molecule has 0 unspecified atom stereocenters. The molecule has 0 radical (unpaired) electrons. The van der Waals surface area contributed by atoms with Crippen molar-refractivity contribution >= 4 is 11.7 Å². The summed E-state index contributed by atoms with van der Waals surface area (Å²) in [5.41, 5.74) is 3.00. The van der Waals surface area contributed by atoms with E-state index in [0.717, 1.165) is 29.7 Å². The molecule has 2 rings (SSSR count). The highest BCUT2D eigenvalue weighted by atomic mass is 16.6. The highest BCUT2D eigenvalue weighted by molar-refractivity contribution is 5.89. The van der Waals surface area contributed by atoms with E-state index in [1.807, 2.05) is 19.9 Å². The Morgan fingerprint density at radius 2 is 2.17 bits per heavy atom. The Hall–Kier alpha value is -1.84. The minimum absolute atomic E-state index is 0.222. The summed E-state index contributed by atoms with van der Waals surface area (Å²) in [7, 11) is 0. The molecule has 0 amide bonds. The quantitative estimate of drug-likeness (QED) is 0.642. The molecule has 0 bridgehead atoms. The Bertz CT molecular complexity index is 486. The number of nitrogens with zero attached hydrogens (tertiary/aromatic N) is 1. The van der Waals surface area contributed by atoms with Crippen molar-refractivity contribution in [1.29, 1.82) is 0 Å². The predicted molar refractivity (Wildman–Crippen MR) is 68.9 cm³/mol. The van der Waals surface area contributed by atoms with Crippen LogP contribution in [0.3, 0.4) is 0 Å². The van der Waals surface area contributed by atoms with E-state index >= 15 is 0 Å². The molecule has 0 aliphatic heterocycles. The van der Waals surface area contributed by atoms with E-state index in [4.69, 9.17) is 4.84 Å². The number of carboxylic acid groups (broad SMARTS) is 1. The number of benzene rings is 1. The molecular weight excluding hydrogens is 230 g/mol. The maximum absolute atomic E-state index is 11.2. The molecule has 0 spiro atoms. The first kappa shape index (κ1) is 12.6. The van der Waals surface area contributed by atoms with Gasteiger partial charge in [-0.3, -0.25) is 0 Å². The summed E-state index contributed by atoms with van der Waals surface area (Å²) in [6, 6.07) is 5.41. The molecule has 96 valence electrons. The van der Waals surface area contributed by atoms with Gasteiger partial charge in [-0.25, -0.2) is 4.79 Å². The zero-order chi connectivity index (χ0) is 13.1. The Balaban J connectivity index is 2.28. The van der Waals surface area contributed by atoms with Crippen LogP contribution in [0.5, 0.6) is 0 Å². The van der Waals surface area contributed by atoms with E-state index in [0.29, 0.717) is 11.5 Å². The van der Waals surface area contributed by atoms with E-state index in [-0.39, 0.29) is 6.61 Å². The van der Waals surface area contributed by atoms with Crippen LogP contribution in [0.2, 0.25) is 0 Å². The summed E-state index contributed by atoms with van der Waals surface area (Å²) in [5.74, 6) is -0.414. The average Bonchev–Trinajstić information content (AvgIpc) is 3.12. The molecule has 0 saturated heterocycles. The zero-order valence-corrected chi connectivity index (χ0v) is 10.6. The third-order valence-electron chi connectivity index (χ3n) is 2.92. The van der Waals surface area contributed by atoms with Gasteiger partial charge in [-0.2, -0.15) is 0 Å². The summed E-state index contributed by atoms with van der Waals surface area (Å²) in [5, 5.41) is 13.1. The fraction of sp³-hybridized carbons (Fsp3) is 0.429. The second-order valence-corrected chi connectivity index (χ2v) is 4.76. The van der Waals surface area contributed by atoms with Crippen molar-refractivity contribution in [3.8, 4) is 0 Å². The number of hydrogen-bond acceptors (Lipinski definition) is 3. The first-order valence-corrected chi connectivity index (χ1v) is 6.08. The molecule has 1 N–H and O–H groups in total. The van der Waals surface area contributed by atoms with Crippen LogP contribution in [0.1, 0.15) is 54.1 Å². The zero-order valence-electron chi connectivity index (χ0n) is 10.6. The molecule has 1 saturated carbocycles. The molecule has 4 nitrogen and oxygen atoms in total. The summed E-state index contributed by atoms with van der Waals surface area (Å²) in [6.45, 7) is 3.90. The number of carbonyl (C=O) groups is 1. The van der Waals surface area contributed by atoms with Crippen LogP contribution in [0.15, 0.2) is 23.4 Å². The SMILES string of the molecule is CC(C)=NOCc1c(C(=O)O)cccc1C1CC1. The van der Waals surface area contributed by atoms with Crippen molar-refractivity contribution in [2.45, 2.75) is 39.2 Å². The van der Waals surface area contributed by atoms with Crippen LogP contribution in [-0.2, 0) is 11.4 Å². The molecule has 1 aliphatic rings. The number of aromatic carboxylic acids is 1. The molecule has 0 heterocycles. The Morgan fingerprint density at radius 1 is 1.44 bits per heavy atom. The van der Waals surface area contributed by atoms with Gasteiger partial charge in [0.05, 0.1) is 11.3 Å². The predicted octanol–water partition coefficient (Wildman–Crippen LogP) is 3.17. The standard InChI is InChI=1S/C14H17NO3/c1-9(2)15-18-8-13-11(10-6-7-10)4-3-5-12(13)14(16)17/h3-5,10H,6-8H2,1-2H3,(H,16,17). The molecule has 0 aromatic heterocycles. The van der Waals surface area contributed by atoms with E-state index in [1.54, 1.807) is 12.1 Å². The van der Waals surface area contributed by atoms with Crippen molar-refractivity contribution < 1.29 is 14.7 Å². The van der Waals surface area contributed by atoms with Gasteiger partial charge >= 0.3 is 5.97 Å². The van der Waals surface area contributed by atoms with E-state index in [9.17, 15) is 9.90 Å². The van der Waals surface area contributed by atoms with Crippen LogP contribution in [-0.4, -0.2) is 16.8 Å². The normalized spacial score (nSPS) is 14.1. The van der Waals surface area contributed by atoms with Gasteiger partial charge in [0, 0.05) is 5.56 Å². The molecular formula is C14H17NO3. The Kier molecular flexibility index (Phi) is 3.65. The number of hydrogen-bond donors (Lipinski definition) is 1. The van der Waals surface area contributed by atoms with E-state index in [1.165, 1.54) is 0 Å². The summed E-state index contributed by atoms with van der Waals surface area (Å²) in [6.07, 6.45) is 2.26. The third-order valence-corrected chi connectivity index (χ3v) is 2.92. The lowest BCUT2D eigenvalue weighted by Crippen LogP contribution is -2.06. The van der Waals surface area contributed by atoms with Crippen LogP contribution < -0.4 is 0 Å². The molecule has 1 fully saturated rings. The Morgan fingerprint density at radius 3 is 2.72 bits per heavy atom. The number of carboxylic acids is 1. The van der Waals surface area contributed by atoms with Crippen LogP contribution in [0.4, 0.5) is 0 Å². The minimum Gasteiger partial charge on any atom is -0.478 e. The molecule has 0 atom stereocenters. The molecule has 18 heavy (non-hydrogen) atoms. The monoisotopic (exact) mass is 247 g/mol. The summed E-state index contributed by atoms with van der Waals surface area (Å²) < 4.78 is 0. The lowest BCUT2D eigenvalue weighted by Gasteiger charge is -2.11. The van der Waals surface area contributed by atoms with Crippen LogP contribution >= 0.6 is 0 Å². The average molecular weight is 247 g/mol. The second-order valence-electron chi connectivity index (χ2n) is 4.76. The van der Waals surface area contributed by atoms with E-state index < -0.39 is 5.97 Å². The number of oxime groups is 1. The van der Waals surface area contributed by atoms with Crippen molar-refractivity contribution in [3.05, 3.63) is 34.9 Å². The summed E-state index contributed by atoms with van der Waals surface area (Å²) >= 11 is 0. The highest BCUT2D eigenvalue weighted by Crippen LogP contribution is 2.42. The van der Waals surface area contributed by atoms with Gasteiger partial charge in [-0.1, -0.05) is 17.3 Å². The van der Waals surface area contributed by atoms with Crippen molar-refractivity contribution in [2.75, 3.05) is 0 Å². The lowest BCUT2D eigenvalue weighted by atomic mass is 9.98. The topological polar surface area (TPSA) is 58.9 Å². The lowest BCUT2D eigenvalue weighted by molar-refractivity contribution is 0.0688. The van der Waals surface area contributed by atoms with Gasteiger partial charge in [-0.05, 0) is 44.2 Å². The van der Waals surface area contributed by atoms with Crippen molar-refractivity contribution in [2.24, 2.45) is 5.16 Å². The Labute approximate surface area is 106 Å². The van der Waals surface area contributed by atoms with Gasteiger partial charge in [0.25, 0.3) is 0 Å². The molecule has 1 aromatic rings. The van der Waals surface area contributed by atoms with Gasteiger partial charge in [0.15, 0.2) is 0 Å². The highest BCUT2D eigenvalue weighted by Gasteiger charge is 2.28. The third kappa shape index (κ3) is 2.88.